The summed E-state index contributed by atoms with van der Waals surface area (Å²) in [4.78, 5) is 6.29. The minimum Gasteiger partial charge on any atom is -0.508 e. The SMILES string of the molecule is CC1C2COC(O)C3C2C[C@H]2c4[nH]c5ccc(O)cc5c4CC3N12. The number of hydrogen-bond acceptors (Lipinski definition) is 4. The van der Waals surface area contributed by atoms with Gasteiger partial charge in [0.15, 0.2) is 6.29 Å². The second kappa shape index (κ2) is 4.34. The molecule has 0 radical (unpaired) electrons. The molecule has 6 bridgehead atoms. The number of phenols is 1. The van der Waals surface area contributed by atoms with Crippen LogP contribution in [0.1, 0.15) is 30.6 Å². The van der Waals surface area contributed by atoms with Crippen molar-refractivity contribution in [2.45, 2.75) is 44.2 Å². The number of nitrogens with one attached hydrogen (secondary N) is 1. The molecule has 0 amide bonds. The van der Waals surface area contributed by atoms with Gasteiger partial charge in [0.2, 0.25) is 0 Å². The van der Waals surface area contributed by atoms with E-state index in [1.807, 2.05) is 12.1 Å². The molecule has 4 fully saturated rings. The van der Waals surface area contributed by atoms with Crippen LogP contribution >= 0.6 is 0 Å². The van der Waals surface area contributed by atoms with Crippen molar-refractivity contribution in [3.05, 3.63) is 29.5 Å². The molecule has 5 aliphatic heterocycles. The number of aromatic amines is 1. The van der Waals surface area contributed by atoms with Crippen LogP contribution in [0.3, 0.4) is 0 Å². The first kappa shape index (κ1) is 13.7. The summed E-state index contributed by atoms with van der Waals surface area (Å²) in [6.07, 6.45) is 1.39. The molecule has 3 N–H and O–H groups in total. The molecule has 5 aliphatic rings. The van der Waals surface area contributed by atoms with Crippen LogP contribution < -0.4 is 0 Å². The smallest absolute Gasteiger partial charge is 0.159 e. The lowest BCUT2D eigenvalue weighted by molar-refractivity contribution is -0.280. The van der Waals surface area contributed by atoms with Gasteiger partial charge in [-0.05, 0) is 49.4 Å². The Bertz CT molecular complexity index is 846. The Morgan fingerprint density at radius 3 is 3.04 bits per heavy atom. The summed E-state index contributed by atoms with van der Waals surface area (Å²) in [7, 11) is 0. The van der Waals surface area contributed by atoms with Crippen molar-refractivity contribution in [1.29, 1.82) is 0 Å². The van der Waals surface area contributed by atoms with E-state index in [1.54, 1.807) is 6.07 Å². The fourth-order valence-corrected chi connectivity index (χ4v) is 6.34. The third kappa shape index (κ3) is 1.47. The highest BCUT2D eigenvalue weighted by Crippen LogP contribution is 2.58. The highest BCUT2D eigenvalue weighted by atomic mass is 16.6. The lowest BCUT2D eigenvalue weighted by Gasteiger charge is -2.65. The Morgan fingerprint density at radius 1 is 1.29 bits per heavy atom. The molecular weight excluding hydrogens is 304 g/mol. The van der Waals surface area contributed by atoms with E-state index in [1.165, 1.54) is 11.3 Å². The molecule has 7 unspecified atom stereocenters. The molecule has 8 atom stereocenters. The average Bonchev–Trinajstić information content (AvgIpc) is 2.92. The van der Waals surface area contributed by atoms with Crippen LogP contribution in [-0.2, 0) is 11.2 Å². The standard InChI is InChI=1S/C19H22N2O3/c1-8-13-7-24-19(23)17-11(13)5-16-18-12(6-15(17)21(8)16)10-4-9(22)2-3-14(10)20-18/h2-4,8,11,13,15-17,19-20,22-23H,5-7H2,1H3/t8?,11?,13?,15?,16-,17?,19?/m0/s1. The fraction of sp³-hybridized carbons (Fsp3) is 0.579. The van der Waals surface area contributed by atoms with Gasteiger partial charge >= 0.3 is 0 Å². The van der Waals surface area contributed by atoms with E-state index in [2.05, 4.69) is 16.8 Å². The zero-order valence-electron chi connectivity index (χ0n) is 13.6. The fourth-order valence-electron chi connectivity index (χ4n) is 6.34. The lowest BCUT2D eigenvalue weighted by atomic mass is 9.58. The van der Waals surface area contributed by atoms with Crippen LogP contribution in [0.15, 0.2) is 18.2 Å². The van der Waals surface area contributed by atoms with E-state index in [0.29, 0.717) is 42.3 Å². The second-order valence-electron chi connectivity index (χ2n) is 8.09. The van der Waals surface area contributed by atoms with Gasteiger partial charge in [-0.25, -0.2) is 0 Å². The number of fused-ring (bicyclic) bond motifs is 3. The van der Waals surface area contributed by atoms with Crippen LogP contribution in [0.25, 0.3) is 10.9 Å². The molecule has 5 nitrogen and oxygen atoms in total. The first-order chi connectivity index (χ1) is 11.6. The molecule has 1 aromatic carbocycles. The highest BCUT2D eigenvalue weighted by Gasteiger charge is 2.61. The number of H-pyrrole nitrogens is 1. The Kier molecular flexibility index (Phi) is 2.48. The number of piperidine rings is 3. The van der Waals surface area contributed by atoms with Crippen molar-refractivity contribution in [1.82, 2.24) is 9.88 Å². The number of benzene rings is 1. The summed E-state index contributed by atoms with van der Waals surface area (Å²) >= 11 is 0. The highest BCUT2D eigenvalue weighted by molar-refractivity contribution is 5.86. The summed E-state index contributed by atoms with van der Waals surface area (Å²) in [5.74, 6) is 1.63. The maximum absolute atomic E-state index is 10.5. The molecule has 126 valence electrons. The Balaban J connectivity index is 1.56. The zero-order valence-corrected chi connectivity index (χ0v) is 13.6. The van der Waals surface area contributed by atoms with Crippen LogP contribution in [0, 0.1) is 17.8 Å². The van der Waals surface area contributed by atoms with Gasteiger partial charge in [-0.1, -0.05) is 0 Å². The molecule has 0 saturated carbocycles. The van der Waals surface area contributed by atoms with E-state index in [9.17, 15) is 10.2 Å². The average molecular weight is 326 g/mol. The monoisotopic (exact) mass is 326 g/mol. The number of aliphatic hydroxyl groups excluding tert-OH is 1. The molecule has 2 aromatic rings. The normalized spacial score (nSPS) is 45.4. The summed E-state index contributed by atoms with van der Waals surface area (Å²) < 4.78 is 5.72. The van der Waals surface area contributed by atoms with E-state index in [0.717, 1.165) is 23.7 Å². The van der Waals surface area contributed by atoms with Gasteiger partial charge in [0, 0.05) is 40.5 Å². The van der Waals surface area contributed by atoms with Crippen molar-refractivity contribution in [2.24, 2.45) is 17.8 Å². The largest absolute Gasteiger partial charge is 0.508 e. The Hall–Kier alpha value is -1.56. The van der Waals surface area contributed by atoms with Crippen molar-refractivity contribution < 1.29 is 14.9 Å². The third-order valence-electron chi connectivity index (χ3n) is 7.27. The number of aromatic nitrogens is 1. The van der Waals surface area contributed by atoms with E-state index in [-0.39, 0.29) is 5.92 Å². The van der Waals surface area contributed by atoms with Gasteiger partial charge in [-0.15, -0.1) is 0 Å². The van der Waals surface area contributed by atoms with Crippen molar-refractivity contribution in [2.75, 3.05) is 6.61 Å². The second-order valence-corrected chi connectivity index (χ2v) is 8.09. The predicted octanol–water partition coefficient (Wildman–Crippen LogP) is 2.14. The van der Waals surface area contributed by atoms with Gasteiger partial charge in [-0.2, -0.15) is 0 Å². The minimum absolute atomic E-state index is 0.214. The quantitative estimate of drug-likeness (QED) is 0.694. The van der Waals surface area contributed by atoms with Crippen LogP contribution in [0.5, 0.6) is 5.75 Å². The zero-order chi connectivity index (χ0) is 16.2. The van der Waals surface area contributed by atoms with Gasteiger partial charge in [0.1, 0.15) is 5.75 Å². The van der Waals surface area contributed by atoms with Crippen molar-refractivity contribution in [3.8, 4) is 5.75 Å². The van der Waals surface area contributed by atoms with Gasteiger partial charge in [-0.3, -0.25) is 4.90 Å². The number of aromatic hydroxyl groups is 1. The molecule has 5 heteroatoms. The summed E-state index contributed by atoms with van der Waals surface area (Å²) in [6.45, 7) is 3.01. The van der Waals surface area contributed by atoms with Crippen molar-refractivity contribution in [3.63, 3.8) is 0 Å². The number of aliphatic hydroxyl groups is 1. The third-order valence-corrected chi connectivity index (χ3v) is 7.27. The first-order valence-electron chi connectivity index (χ1n) is 9.04. The number of phenolic OH excluding ortho intramolecular Hbond substituents is 1. The summed E-state index contributed by atoms with van der Waals surface area (Å²) in [6, 6.07) is 6.83. The van der Waals surface area contributed by atoms with Crippen molar-refractivity contribution >= 4 is 10.9 Å². The minimum atomic E-state index is -0.632. The maximum Gasteiger partial charge on any atom is 0.159 e. The topological polar surface area (TPSA) is 68.7 Å². The van der Waals surface area contributed by atoms with Gasteiger partial charge in [0.05, 0.1) is 12.6 Å². The molecule has 0 aliphatic carbocycles. The molecule has 0 spiro atoms. The summed E-state index contributed by atoms with van der Waals surface area (Å²) in [5, 5.41) is 21.5. The molecular formula is C19H22N2O3. The molecule has 24 heavy (non-hydrogen) atoms. The van der Waals surface area contributed by atoms with Gasteiger partial charge < -0.3 is 19.9 Å². The van der Waals surface area contributed by atoms with Crippen LogP contribution in [0.2, 0.25) is 0 Å². The first-order valence-corrected chi connectivity index (χ1v) is 9.04. The maximum atomic E-state index is 10.5. The predicted molar refractivity (Wildman–Crippen MR) is 88.5 cm³/mol. The number of nitrogens with zero attached hydrogens (tertiary/aromatic N) is 1. The number of hydrogen-bond donors (Lipinski definition) is 3. The molecule has 6 heterocycles. The Morgan fingerprint density at radius 2 is 2.17 bits per heavy atom. The Labute approximate surface area is 140 Å². The number of rotatable bonds is 0. The van der Waals surface area contributed by atoms with Crippen LogP contribution in [-0.4, -0.2) is 45.1 Å². The van der Waals surface area contributed by atoms with E-state index < -0.39 is 6.29 Å². The van der Waals surface area contributed by atoms with E-state index >= 15 is 0 Å². The molecule has 4 saturated heterocycles. The van der Waals surface area contributed by atoms with E-state index in [4.69, 9.17) is 4.74 Å². The molecule has 7 rings (SSSR count). The number of ether oxygens (including phenoxy) is 1. The van der Waals surface area contributed by atoms with Gasteiger partial charge in [0.25, 0.3) is 0 Å². The van der Waals surface area contributed by atoms with Crippen LogP contribution in [0.4, 0.5) is 0 Å². The summed E-state index contributed by atoms with van der Waals surface area (Å²) in [5.41, 5.74) is 3.76. The molecule has 1 aromatic heterocycles. The lowest BCUT2D eigenvalue weighted by Crippen LogP contribution is -2.71.